The lowest BCUT2D eigenvalue weighted by Gasteiger charge is -2.30. The average molecular weight is 601 g/mol. The largest absolute Gasteiger partial charge is 0.352 e. The summed E-state index contributed by atoms with van der Waals surface area (Å²) in [7, 11) is -3.59. The molecule has 0 heterocycles. The van der Waals surface area contributed by atoms with Gasteiger partial charge in [0.1, 0.15) is 6.04 Å². The van der Waals surface area contributed by atoms with E-state index in [9.17, 15) is 18.0 Å². The van der Waals surface area contributed by atoms with Gasteiger partial charge in [0.25, 0.3) is 0 Å². The Balaban J connectivity index is 2.21. The first-order valence-corrected chi connectivity index (χ1v) is 14.9. The Kier molecular flexibility index (Phi) is 11.3. The third-order valence-corrected chi connectivity index (χ3v) is 8.15. The summed E-state index contributed by atoms with van der Waals surface area (Å²) in [5.41, 5.74) is 2.03. The molecule has 0 spiro atoms. The Morgan fingerprint density at radius 1 is 1.14 bits per heavy atom. The lowest BCUT2D eigenvalue weighted by Crippen LogP contribution is -2.49. The smallest absolute Gasteiger partial charge is 0.242 e. The molecule has 0 aliphatic heterocycles. The van der Waals surface area contributed by atoms with Gasteiger partial charge in [0.05, 0.1) is 11.9 Å². The standard InChI is InChI=1S/C26H35BrClN3O4S/c1-6-18(2)29-26(33)20(4)30(17-21-10-7-11-22(27)16-21)25(32)14-9-15-31(36(5,34)35)24-13-8-12-23(28)19(24)3/h7-8,10-13,16,18,20H,6,9,14-15,17H2,1-5H3,(H,29,33)/t18-,20-/m0/s1. The number of rotatable bonds is 12. The van der Waals surface area contributed by atoms with Gasteiger partial charge in [0.15, 0.2) is 0 Å². The topological polar surface area (TPSA) is 86.8 Å². The molecule has 198 valence electrons. The maximum absolute atomic E-state index is 13.4. The highest BCUT2D eigenvalue weighted by atomic mass is 79.9. The molecule has 0 fully saturated rings. The van der Waals surface area contributed by atoms with Crippen LogP contribution in [0, 0.1) is 6.92 Å². The first kappa shape index (κ1) is 30.1. The maximum Gasteiger partial charge on any atom is 0.242 e. The van der Waals surface area contributed by atoms with Crippen LogP contribution in [0.4, 0.5) is 5.69 Å². The second-order valence-electron chi connectivity index (χ2n) is 8.97. The molecule has 2 rings (SSSR count). The molecule has 7 nitrogen and oxygen atoms in total. The van der Waals surface area contributed by atoms with Crippen LogP contribution in [-0.2, 0) is 26.2 Å². The van der Waals surface area contributed by atoms with Crippen LogP contribution in [0.25, 0.3) is 0 Å². The van der Waals surface area contributed by atoms with E-state index in [2.05, 4.69) is 21.2 Å². The lowest BCUT2D eigenvalue weighted by atomic mass is 10.1. The van der Waals surface area contributed by atoms with Crippen LogP contribution < -0.4 is 9.62 Å². The summed E-state index contributed by atoms with van der Waals surface area (Å²) in [5, 5.41) is 3.42. The molecule has 10 heteroatoms. The minimum atomic E-state index is -3.59. The molecular formula is C26H35BrClN3O4S. The average Bonchev–Trinajstić information content (AvgIpc) is 2.81. The number of hydrogen-bond acceptors (Lipinski definition) is 4. The number of nitrogens with one attached hydrogen (secondary N) is 1. The van der Waals surface area contributed by atoms with E-state index in [1.165, 1.54) is 4.31 Å². The van der Waals surface area contributed by atoms with Crippen molar-refractivity contribution in [1.82, 2.24) is 10.2 Å². The molecule has 0 radical (unpaired) electrons. The molecule has 0 unspecified atom stereocenters. The molecule has 2 aromatic carbocycles. The van der Waals surface area contributed by atoms with Crippen molar-refractivity contribution in [2.24, 2.45) is 0 Å². The van der Waals surface area contributed by atoms with Crippen LogP contribution in [0.2, 0.25) is 5.02 Å². The van der Waals surface area contributed by atoms with E-state index in [1.54, 1.807) is 36.9 Å². The van der Waals surface area contributed by atoms with Crippen molar-refractivity contribution in [2.75, 3.05) is 17.1 Å². The van der Waals surface area contributed by atoms with Gasteiger partial charge in [-0.25, -0.2) is 8.42 Å². The van der Waals surface area contributed by atoms with E-state index < -0.39 is 16.1 Å². The first-order chi connectivity index (χ1) is 16.8. The molecule has 2 aromatic rings. The van der Waals surface area contributed by atoms with Gasteiger partial charge >= 0.3 is 0 Å². The van der Waals surface area contributed by atoms with Gasteiger partial charge in [-0.05, 0) is 69.0 Å². The summed E-state index contributed by atoms with van der Waals surface area (Å²) in [4.78, 5) is 27.8. The highest BCUT2D eigenvalue weighted by molar-refractivity contribution is 9.10. The number of carbonyl (C=O) groups is 2. The number of amides is 2. The third-order valence-electron chi connectivity index (χ3n) is 6.07. The predicted molar refractivity (Wildman–Crippen MR) is 150 cm³/mol. The molecule has 0 aromatic heterocycles. The van der Waals surface area contributed by atoms with Crippen molar-refractivity contribution < 1.29 is 18.0 Å². The number of nitrogens with zero attached hydrogens (tertiary/aromatic N) is 2. The summed E-state index contributed by atoms with van der Waals surface area (Å²) in [6.45, 7) is 7.75. The van der Waals surface area contributed by atoms with Gasteiger partial charge in [0, 0.05) is 35.0 Å². The summed E-state index contributed by atoms with van der Waals surface area (Å²) in [6.07, 6.45) is 2.28. The van der Waals surface area contributed by atoms with Crippen molar-refractivity contribution in [2.45, 2.75) is 65.6 Å². The van der Waals surface area contributed by atoms with Gasteiger partial charge in [-0.2, -0.15) is 0 Å². The number of anilines is 1. The summed E-state index contributed by atoms with van der Waals surface area (Å²) >= 11 is 9.66. The molecule has 2 amide bonds. The van der Waals surface area contributed by atoms with E-state index >= 15 is 0 Å². The van der Waals surface area contributed by atoms with E-state index in [-0.39, 0.29) is 43.8 Å². The maximum atomic E-state index is 13.4. The molecule has 0 aliphatic carbocycles. The number of benzene rings is 2. The van der Waals surface area contributed by atoms with Crippen LogP contribution in [0.1, 0.15) is 51.2 Å². The summed E-state index contributed by atoms with van der Waals surface area (Å²) in [6, 6.07) is 12.0. The van der Waals surface area contributed by atoms with Crippen LogP contribution in [0.15, 0.2) is 46.9 Å². The van der Waals surface area contributed by atoms with Gasteiger partial charge in [0.2, 0.25) is 21.8 Å². The molecule has 0 bridgehead atoms. The fourth-order valence-electron chi connectivity index (χ4n) is 3.73. The Hall–Kier alpha value is -2.10. The Labute approximate surface area is 228 Å². The van der Waals surface area contributed by atoms with E-state index in [0.29, 0.717) is 16.3 Å². The molecule has 1 N–H and O–H groups in total. The van der Waals surface area contributed by atoms with Crippen molar-refractivity contribution in [3.05, 3.63) is 63.1 Å². The molecular weight excluding hydrogens is 566 g/mol. The Morgan fingerprint density at radius 2 is 1.81 bits per heavy atom. The quantitative estimate of drug-likeness (QED) is 0.359. The predicted octanol–water partition coefficient (Wildman–Crippen LogP) is 5.29. The zero-order valence-electron chi connectivity index (χ0n) is 21.4. The van der Waals surface area contributed by atoms with E-state index in [0.717, 1.165) is 22.7 Å². The number of carbonyl (C=O) groups excluding carboxylic acids is 2. The second kappa shape index (κ2) is 13.4. The second-order valence-corrected chi connectivity index (χ2v) is 12.2. The lowest BCUT2D eigenvalue weighted by molar-refractivity contribution is -0.140. The molecule has 0 saturated heterocycles. The number of hydrogen-bond donors (Lipinski definition) is 1. The molecule has 36 heavy (non-hydrogen) atoms. The van der Waals surface area contributed by atoms with Crippen molar-refractivity contribution in [3.8, 4) is 0 Å². The van der Waals surface area contributed by atoms with Crippen LogP contribution >= 0.6 is 27.5 Å². The fourth-order valence-corrected chi connectivity index (χ4v) is 5.36. The van der Waals surface area contributed by atoms with Crippen molar-refractivity contribution in [1.29, 1.82) is 0 Å². The van der Waals surface area contributed by atoms with Crippen LogP contribution in [-0.4, -0.2) is 50.0 Å². The monoisotopic (exact) mass is 599 g/mol. The van der Waals surface area contributed by atoms with Gasteiger partial charge in [-0.1, -0.05) is 52.7 Å². The first-order valence-electron chi connectivity index (χ1n) is 11.9. The number of sulfonamides is 1. The molecule has 0 saturated carbocycles. The van der Waals surface area contributed by atoms with Gasteiger partial charge < -0.3 is 10.2 Å². The van der Waals surface area contributed by atoms with Crippen LogP contribution in [0.3, 0.4) is 0 Å². The summed E-state index contributed by atoms with van der Waals surface area (Å²) in [5.74, 6) is -0.446. The van der Waals surface area contributed by atoms with Gasteiger partial charge in [-0.15, -0.1) is 0 Å². The minimum absolute atomic E-state index is 0.00738. The highest BCUT2D eigenvalue weighted by Gasteiger charge is 2.27. The highest BCUT2D eigenvalue weighted by Crippen LogP contribution is 2.28. The number of halogens is 2. The SMILES string of the molecule is CC[C@H](C)NC(=O)[C@H](C)N(Cc1cccc(Br)c1)C(=O)CCCN(c1cccc(Cl)c1C)S(C)(=O)=O. The minimum Gasteiger partial charge on any atom is -0.352 e. The van der Waals surface area contributed by atoms with E-state index in [4.69, 9.17) is 11.6 Å². The van der Waals surface area contributed by atoms with Gasteiger partial charge in [-0.3, -0.25) is 13.9 Å². The molecule has 2 atom stereocenters. The Morgan fingerprint density at radius 3 is 2.42 bits per heavy atom. The zero-order valence-corrected chi connectivity index (χ0v) is 24.6. The van der Waals surface area contributed by atoms with Crippen molar-refractivity contribution >= 4 is 55.1 Å². The van der Waals surface area contributed by atoms with E-state index in [1.807, 2.05) is 38.1 Å². The zero-order chi connectivity index (χ0) is 27.0. The fraction of sp³-hybridized carbons (Fsp3) is 0.462. The van der Waals surface area contributed by atoms with Crippen molar-refractivity contribution in [3.63, 3.8) is 0 Å². The van der Waals surface area contributed by atoms with Crippen LogP contribution in [0.5, 0.6) is 0 Å². The Bertz CT molecular complexity index is 1180. The third kappa shape index (κ3) is 8.49. The normalized spacial score (nSPS) is 13.1. The summed E-state index contributed by atoms with van der Waals surface area (Å²) < 4.78 is 27.2. The molecule has 0 aliphatic rings.